The van der Waals surface area contributed by atoms with Crippen molar-refractivity contribution < 1.29 is 9.32 Å². The Morgan fingerprint density at radius 3 is 2.95 bits per heavy atom. The smallest absolute Gasteiger partial charge is 0.173 e. The van der Waals surface area contributed by atoms with E-state index in [4.69, 9.17) is 16.1 Å². The van der Waals surface area contributed by atoms with Gasteiger partial charge in [-0.1, -0.05) is 16.8 Å². The molecule has 1 N–H and O–H groups in total. The largest absolute Gasteiger partial charge is 0.361 e. The van der Waals surface area contributed by atoms with Crippen LogP contribution in [0.3, 0.4) is 0 Å². The van der Waals surface area contributed by atoms with Gasteiger partial charge >= 0.3 is 0 Å². The quantitative estimate of drug-likeness (QED) is 0.853. The lowest BCUT2D eigenvalue weighted by Gasteiger charge is -2.19. The standard InChI is InChI=1S/C15H17ClN2O2S/c16-15-4-3-14(21-15)13(19)2-1-11-9-12(18-20-11)10-5-7-17-8-6-10/h3-4,9-10,17H,1-2,5-8H2. The Labute approximate surface area is 132 Å². The lowest BCUT2D eigenvalue weighted by molar-refractivity contribution is 0.0984. The van der Waals surface area contributed by atoms with Crippen LogP contribution in [-0.4, -0.2) is 24.0 Å². The average molecular weight is 325 g/mol. The first-order chi connectivity index (χ1) is 10.2. The van der Waals surface area contributed by atoms with Gasteiger partial charge in [0.2, 0.25) is 0 Å². The van der Waals surface area contributed by atoms with Gasteiger partial charge in [0.05, 0.1) is 14.9 Å². The Hall–Kier alpha value is -1.17. The van der Waals surface area contributed by atoms with E-state index in [0.717, 1.165) is 37.4 Å². The van der Waals surface area contributed by atoms with Gasteiger partial charge in [-0.2, -0.15) is 0 Å². The molecule has 1 saturated heterocycles. The zero-order valence-corrected chi connectivity index (χ0v) is 13.2. The van der Waals surface area contributed by atoms with Crippen LogP contribution < -0.4 is 5.32 Å². The SMILES string of the molecule is O=C(CCc1cc(C2CCNCC2)no1)c1ccc(Cl)s1. The topological polar surface area (TPSA) is 55.1 Å². The molecular formula is C15H17ClN2O2S. The van der Waals surface area contributed by atoms with E-state index in [1.54, 1.807) is 12.1 Å². The van der Waals surface area contributed by atoms with Crippen molar-refractivity contribution >= 4 is 28.7 Å². The van der Waals surface area contributed by atoms with Crippen molar-refractivity contribution in [2.24, 2.45) is 0 Å². The molecule has 0 bridgehead atoms. The molecular weight excluding hydrogens is 308 g/mol. The lowest BCUT2D eigenvalue weighted by atomic mass is 9.94. The first-order valence-corrected chi connectivity index (χ1v) is 8.36. The number of rotatable bonds is 5. The van der Waals surface area contributed by atoms with Crippen molar-refractivity contribution in [1.29, 1.82) is 0 Å². The van der Waals surface area contributed by atoms with E-state index in [1.807, 2.05) is 6.07 Å². The number of thiophene rings is 1. The van der Waals surface area contributed by atoms with Crippen LogP contribution in [0.15, 0.2) is 22.7 Å². The molecule has 2 aromatic heterocycles. The Bertz CT molecular complexity index is 617. The lowest BCUT2D eigenvalue weighted by Crippen LogP contribution is -2.26. The number of aryl methyl sites for hydroxylation is 1. The number of hydrogen-bond acceptors (Lipinski definition) is 5. The molecule has 0 amide bonds. The highest BCUT2D eigenvalue weighted by Crippen LogP contribution is 2.26. The average Bonchev–Trinajstić information content (AvgIpc) is 3.15. The molecule has 4 nitrogen and oxygen atoms in total. The molecule has 2 aromatic rings. The van der Waals surface area contributed by atoms with E-state index in [9.17, 15) is 4.79 Å². The summed E-state index contributed by atoms with van der Waals surface area (Å²) in [6, 6.07) is 5.53. The first kappa shape index (κ1) is 14.8. The van der Waals surface area contributed by atoms with E-state index in [1.165, 1.54) is 11.3 Å². The Morgan fingerprint density at radius 2 is 2.24 bits per heavy atom. The number of piperidine rings is 1. The van der Waals surface area contributed by atoms with Crippen molar-refractivity contribution in [2.75, 3.05) is 13.1 Å². The highest BCUT2D eigenvalue weighted by molar-refractivity contribution is 7.18. The summed E-state index contributed by atoms with van der Waals surface area (Å²) in [5, 5.41) is 7.50. The maximum Gasteiger partial charge on any atom is 0.173 e. The van der Waals surface area contributed by atoms with Gasteiger partial charge in [-0.3, -0.25) is 4.79 Å². The predicted molar refractivity (Wildman–Crippen MR) is 83.3 cm³/mol. The fourth-order valence-corrected chi connectivity index (χ4v) is 3.59. The molecule has 1 fully saturated rings. The summed E-state index contributed by atoms with van der Waals surface area (Å²) in [6.07, 6.45) is 3.21. The summed E-state index contributed by atoms with van der Waals surface area (Å²) in [5.41, 5.74) is 1.03. The highest BCUT2D eigenvalue weighted by Gasteiger charge is 2.19. The summed E-state index contributed by atoms with van der Waals surface area (Å²) in [7, 11) is 0. The number of aromatic nitrogens is 1. The maximum atomic E-state index is 12.0. The first-order valence-electron chi connectivity index (χ1n) is 7.17. The fourth-order valence-electron chi connectivity index (χ4n) is 2.58. The molecule has 0 aliphatic carbocycles. The van der Waals surface area contributed by atoms with Crippen LogP contribution in [-0.2, 0) is 6.42 Å². The minimum Gasteiger partial charge on any atom is -0.361 e. The van der Waals surface area contributed by atoms with Gasteiger partial charge in [0, 0.05) is 24.8 Å². The van der Waals surface area contributed by atoms with Crippen LogP contribution in [0.2, 0.25) is 4.34 Å². The van der Waals surface area contributed by atoms with Gasteiger partial charge in [0.25, 0.3) is 0 Å². The normalized spacial score (nSPS) is 16.2. The predicted octanol–water partition coefficient (Wildman–Crippen LogP) is 3.67. The number of hydrogen-bond donors (Lipinski definition) is 1. The van der Waals surface area contributed by atoms with Gasteiger partial charge in [0.15, 0.2) is 5.78 Å². The fraction of sp³-hybridized carbons (Fsp3) is 0.467. The second-order valence-electron chi connectivity index (χ2n) is 5.27. The van der Waals surface area contributed by atoms with Gasteiger partial charge < -0.3 is 9.84 Å². The molecule has 0 unspecified atom stereocenters. The number of nitrogens with one attached hydrogen (secondary N) is 1. The molecule has 1 aliphatic rings. The van der Waals surface area contributed by atoms with Crippen LogP contribution in [0.1, 0.15) is 46.3 Å². The van der Waals surface area contributed by atoms with E-state index in [2.05, 4.69) is 10.5 Å². The Kier molecular flexibility index (Phi) is 4.73. The van der Waals surface area contributed by atoms with Gasteiger partial charge in [-0.15, -0.1) is 11.3 Å². The van der Waals surface area contributed by atoms with E-state index in [-0.39, 0.29) is 5.78 Å². The third-order valence-corrected chi connectivity index (χ3v) is 5.05. The van der Waals surface area contributed by atoms with Crippen LogP contribution in [0.25, 0.3) is 0 Å². The number of halogens is 1. The third-order valence-electron chi connectivity index (χ3n) is 3.78. The summed E-state index contributed by atoms with van der Waals surface area (Å²) in [4.78, 5) is 12.7. The van der Waals surface area contributed by atoms with Crippen molar-refractivity contribution in [3.63, 3.8) is 0 Å². The van der Waals surface area contributed by atoms with Crippen LogP contribution in [0.5, 0.6) is 0 Å². The second kappa shape index (κ2) is 6.73. The number of ketones is 1. The molecule has 0 spiro atoms. The molecule has 0 atom stereocenters. The third kappa shape index (κ3) is 3.73. The molecule has 1 aliphatic heterocycles. The molecule has 3 rings (SSSR count). The summed E-state index contributed by atoms with van der Waals surface area (Å²) in [5.74, 6) is 1.38. The Balaban J connectivity index is 1.56. The number of carbonyl (C=O) groups is 1. The number of Topliss-reactive ketones (excluding diaryl/α,β-unsaturated/α-hetero) is 1. The summed E-state index contributed by atoms with van der Waals surface area (Å²) >= 11 is 7.17. The summed E-state index contributed by atoms with van der Waals surface area (Å²) in [6.45, 7) is 2.06. The van der Waals surface area contributed by atoms with Crippen molar-refractivity contribution in [3.05, 3.63) is 38.9 Å². The monoisotopic (exact) mass is 324 g/mol. The molecule has 6 heteroatoms. The molecule has 0 aromatic carbocycles. The van der Waals surface area contributed by atoms with Crippen molar-refractivity contribution in [2.45, 2.75) is 31.6 Å². The number of nitrogens with zero attached hydrogens (tertiary/aromatic N) is 1. The zero-order chi connectivity index (χ0) is 14.7. The molecule has 0 saturated carbocycles. The molecule has 0 radical (unpaired) electrons. The van der Waals surface area contributed by atoms with Crippen LogP contribution in [0.4, 0.5) is 0 Å². The van der Waals surface area contributed by atoms with Crippen molar-refractivity contribution in [1.82, 2.24) is 10.5 Å². The second-order valence-corrected chi connectivity index (χ2v) is 6.98. The minimum atomic E-state index is 0.103. The molecule has 21 heavy (non-hydrogen) atoms. The summed E-state index contributed by atoms with van der Waals surface area (Å²) < 4.78 is 6.01. The maximum absolute atomic E-state index is 12.0. The molecule has 3 heterocycles. The van der Waals surface area contributed by atoms with Gasteiger partial charge in [0.1, 0.15) is 5.76 Å². The highest BCUT2D eigenvalue weighted by atomic mass is 35.5. The number of carbonyl (C=O) groups excluding carboxylic acids is 1. The van der Waals surface area contributed by atoms with Crippen molar-refractivity contribution in [3.8, 4) is 0 Å². The van der Waals surface area contributed by atoms with Gasteiger partial charge in [-0.05, 0) is 38.1 Å². The van der Waals surface area contributed by atoms with E-state index >= 15 is 0 Å². The zero-order valence-electron chi connectivity index (χ0n) is 11.6. The Morgan fingerprint density at radius 1 is 1.43 bits per heavy atom. The van der Waals surface area contributed by atoms with E-state index in [0.29, 0.717) is 28.0 Å². The van der Waals surface area contributed by atoms with Gasteiger partial charge in [-0.25, -0.2) is 0 Å². The van der Waals surface area contributed by atoms with Crippen LogP contribution >= 0.6 is 22.9 Å². The van der Waals surface area contributed by atoms with E-state index < -0.39 is 0 Å². The minimum absolute atomic E-state index is 0.103. The van der Waals surface area contributed by atoms with Crippen LogP contribution in [0, 0.1) is 0 Å². The molecule has 112 valence electrons.